The van der Waals surface area contributed by atoms with Crippen LogP contribution in [-0.4, -0.2) is 41.7 Å². The van der Waals surface area contributed by atoms with Gasteiger partial charge in [0.1, 0.15) is 0 Å². The van der Waals surface area contributed by atoms with Gasteiger partial charge in [0, 0.05) is 12.6 Å². The molecule has 2 unspecified atom stereocenters. The molecule has 4 heteroatoms. The van der Waals surface area contributed by atoms with E-state index in [4.69, 9.17) is 5.11 Å². The van der Waals surface area contributed by atoms with Crippen molar-refractivity contribution in [2.75, 3.05) is 19.7 Å². The number of carbonyl (C=O) groups is 1. The molecule has 4 nitrogen and oxygen atoms in total. The third kappa shape index (κ3) is 5.33. The summed E-state index contributed by atoms with van der Waals surface area (Å²) >= 11 is 0. The zero-order chi connectivity index (χ0) is 16.7. The molecule has 23 heavy (non-hydrogen) atoms. The van der Waals surface area contributed by atoms with Crippen LogP contribution in [0.4, 0.5) is 0 Å². The number of nitrogens with zero attached hydrogens (tertiary/aromatic N) is 1. The first kappa shape index (κ1) is 18.0. The number of hydrogen-bond acceptors (Lipinski definition) is 3. The van der Waals surface area contributed by atoms with Crippen LogP contribution in [-0.2, 0) is 11.2 Å². The van der Waals surface area contributed by atoms with Crippen molar-refractivity contribution in [1.82, 2.24) is 10.2 Å². The topological polar surface area (TPSA) is 52.6 Å². The first-order valence-corrected chi connectivity index (χ1v) is 8.87. The molecule has 1 heterocycles. The highest BCUT2D eigenvalue weighted by atomic mass is 16.3. The smallest absolute Gasteiger partial charge is 0.234 e. The minimum Gasteiger partial charge on any atom is -0.396 e. The first-order valence-electron chi connectivity index (χ1n) is 8.87. The van der Waals surface area contributed by atoms with Crippen LogP contribution < -0.4 is 5.32 Å². The molecule has 2 atom stereocenters. The van der Waals surface area contributed by atoms with Gasteiger partial charge in [0.05, 0.1) is 12.6 Å². The molecular formula is C19H30N2O2. The standard InChI is InChI=1S/C19H30N2O2/c1-3-16-8-10-17(11-9-16)15(2)20-19(23)14-21-12-4-6-18(21)7-5-13-22/h8-11,15,18,22H,3-7,12-14H2,1-2H3,(H,20,23). The van der Waals surface area contributed by atoms with Crippen LogP contribution in [0, 0.1) is 0 Å². The molecule has 1 aliphatic heterocycles. The molecule has 1 aromatic carbocycles. The summed E-state index contributed by atoms with van der Waals surface area (Å²) in [6, 6.07) is 8.94. The van der Waals surface area contributed by atoms with E-state index in [1.54, 1.807) is 0 Å². The number of benzene rings is 1. The lowest BCUT2D eigenvalue weighted by Crippen LogP contribution is -2.40. The van der Waals surface area contributed by atoms with Gasteiger partial charge in [0.15, 0.2) is 0 Å². The maximum atomic E-state index is 12.3. The molecule has 1 amide bonds. The van der Waals surface area contributed by atoms with Crippen LogP contribution in [0.2, 0.25) is 0 Å². The predicted octanol–water partition coefficient (Wildman–Crippen LogP) is 2.66. The Bertz CT molecular complexity index is 487. The Morgan fingerprint density at radius 2 is 2.13 bits per heavy atom. The van der Waals surface area contributed by atoms with Crippen LogP contribution in [0.25, 0.3) is 0 Å². The summed E-state index contributed by atoms with van der Waals surface area (Å²) in [6.07, 6.45) is 5.13. The van der Waals surface area contributed by atoms with Gasteiger partial charge >= 0.3 is 0 Å². The molecule has 128 valence electrons. The van der Waals surface area contributed by atoms with Gasteiger partial charge < -0.3 is 10.4 Å². The molecule has 1 fully saturated rings. The average molecular weight is 318 g/mol. The predicted molar refractivity (Wildman–Crippen MR) is 93.3 cm³/mol. The van der Waals surface area contributed by atoms with Gasteiger partial charge in [-0.2, -0.15) is 0 Å². The summed E-state index contributed by atoms with van der Waals surface area (Å²) < 4.78 is 0. The number of amides is 1. The minimum absolute atomic E-state index is 0.0342. The van der Waals surface area contributed by atoms with E-state index in [-0.39, 0.29) is 18.6 Å². The second kappa shape index (κ2) is 9.04. The molecule has 0 saturated carbocycles. The monoisotopic (exact) mass is 318 g/mol. The van der Waals surface area contributed by atoms with Gasteiger partial charge in [-0.15, -0.1) is 0 Å². The van der Waals surface area contributed by atoms with Gasteiger partial charge in [-0.1, -0.05) is 31.2 Å². The summed E-state index contributed by atoms with van der Waals surface area (Å²) in [5, 5.41) is 12.1. The van der Waals surface area contributed by atoms with E-state index in [1.807, 2.05) is 6.92 Å². The van der Waals surface area contributed by atoms with Crippen molar-refractivity contribution in [1.29, 1.82) is 0 Å². The van der Waals surface area contributed by atoms with Gasteiger partial charge in [0.25, 0.3) is 0 Å². The number of nitrogens with one attached hydrogen (secondary N) is 1. The lowest BCUT2D eigenvalue weighted by atomic mass is 10.0. The number of aliphatic hydroxyl groups is 1. The molecule has 0 aliphatic carbocycles. The Hall–Kier alpha value is -1.39. The summed E-state index contributed by atoms with van der Waals surface area (Å²) in [7, 11) is 0. The lowest BCUT2D eigenvalue weighted by Gasteiger charge is -2.24. The van der Waals surface area contributed by atoms with Crippen molar-refractivity contribution in [2.24, 2.45) is 0 Å². The minimum atomic E-state index is 0.0342. The van der Waals surface area contributed by atoms with E-state index < -0.39 is 0 Å². The van der Waals surface area contributed by atoms with Crippen molar-refractivity contribution in [3.63, 3.8) is 0 Å². The molecule has 2 rings (SSSR count). The number of carbonyl (C=O) groups excluding carboxylic acids is 1. The average Bonchev–Trinajstić information content (AvgIpc) is 2.99. The highest BCUT2D eigenvalue weighted by Crippen LogP contribution is 2.21. The summed E-state index contributed by atoms with van der Waals surface area (Å²) in [5.41, 5.74) is 2.46. The molecule has 0 spiro atoms. The van der Waals surface area contributed by atoms with Gasteiger partial charge in [-0.3, -0.25) is 9.69 Å². The maximum absolute atomic E-state index is 12.3. The second-order valence-electron chi connectivity index (χ2n) is 6.52. The van der Waals surface area contributed by atoms with E-state index in [9.17, 15) is 4.79 Å². The fourth-order valence-corrected chi connectivity index (χ4v) is 3.35. The Morgan fingerprint density at radius 3 is 2.78 bits per heavy atom. The van der Waals surface area contributed by atoms with Gasteiger partial charge in [-0.05, 0) is 56.7 Å². The third-order valence-electron chi connectivity index (χ3n) is 4.81. The number of aliphatic hydroxyl groups excluding tert-OH is 1. The number of likely N-dealkylation sites (tertiary alicyclic amines) is 1. The van der Waals surface area contributed by atoms with E-state index >= 15 is 0 Å². The third-order valence-corrected chi connectivity index (χ3v) is 4.81. The molecule has 1 saturated heterocycles. The Labute approximate surface area is 139 Å². The fourth-order valence-electron chi connectivity index (χ4n) is 3.35. The van der Waals surface area contributed by atoms with Gasteiger partial charge in [0.2, 0.25) is 5.91 Å². The number of aryl methyl sites for hydroxylation is 1. The summed E-state index contributed by atoms with van der Waals surface area (Å²) in [6.45, 7) is 5.87. The van der Waals surface area contributed by atoms with Gasteiger partial charge in [-0.25, -0.2) is 0 Å². The van der Waals surface area contributed by atoms with E-state index in [0.29, 0.717) is 12.6 Å². The summed E-state index contributed by atoms with van der Waals surface area (Å²) in [5.74, 6) is 0.0907. The molecule has 0 radical (unpaired) electrons. The SMILES string of the molecule is CCc1ccc(C(C)NC(=O)CN2CCCC2CCCO)cc1. The molecule has 0 aromatic heterocycles. The largest absolute Gasteiger partial charge is 0.396 e. The van der Waals surface area contributed by atoms with Crippen LogP contribution in [0.5, 0.6) is 0 Å². The zero-order valence-electron chi connectivity index (χ0n) is 14.4. The highest BCUT2D eigenvalue weighted by molar-refractivity contribution is 5.78. The zero-order valence-corrected chi connectivity index (χ0v) is 14.4. The van der Waals surface area contributed by atoms with E-state index in [0.717, 1.165) is 44.2 Å². The van der Waals surface area contributed by atoms with Crippen molar-refractivity contribution >= 4 is 5.91 Å². The second-order valence-corrected chi connectivity index (χ2v) is 6.52. The van der Waals surface area contributed by atoms with Crippen LogP contribution in [0.3, 0.4) is 0 Å². The van der Waals surface area contributed by atoms with Crippen LogP contribution >= 0.6 is 0 Å². The molecule has 0 bridgehead atoms. The van der Waals surface area contributed by atoms with Crippen molar-refractivity contribution in [3.05, 3.63) is 35.4 Å². The molecular weight excluding hydrogens is 288 g/mol. The van der Waals surface area contributed by atoms with E-state index in [2.05, 4.69) is 41.4 Å². The quantitative estimate of drug-likeness (QED) is 0.775. The van der Waals surface area contributed by atoms with Crippen molar-refractivity contribution in [2.45, 2.75) is 58.0 Å². The maximum Gasteiger partial charge on any atom is 0.234 e. The summed E-state index contributed by atoms with van der Waals surface area (Å²) in [4.78, 5) is 14.6. The Kier molecular flexibility index (Phi) is 7.06. The fraction of sp³-hybridized carbons (Fsp3) is 0.632. The molecule has 2 N–H and O–H groups in total. The number of rotatable bonds is 8. The molecule has 1 aliphatic rings. The van der Waals surface area contributed by atoms with E-state index in [1.165, 1.54) is 5.56 Å². The Morgan fingerprint density at radius 1 is 1.39 bits per heavy atom. The van der Waals surface area contributed by atoms with Crippen LogP contribution in [0.1, 0.15) is 56.7 Å². The lowest BCUT2D eigenvalue weighted by molar-refractivity contribution is -0.123. The normalized spacial score (nSPS) is 19.7. The van der Waals surface area contributed by atoms with Crippen LogP contribution in [0.15, 0.2) is 24.3 Å². The molecule has 1 aromatic rings. The Balaban J connectivity index is 1.83. The van der Waals surface area contributed by atoms with Crippen molar-refractivity contribution in [3.8, 4) is 0 Å². The first-order chi connectivity index (χ1) is 11.1. The highest BCUT2D eigenvalue weighted by Gasteiger charge is 2.26. The number of hydrogen-bond donors (Lipinski definition) is 2. The van der Waals surface area contributed by atoms with Crippen molar-refractivity contribution < 1.29 is 9.90 Å².